The first-order valence-electron chi connectivity index (χ1n) is 9.50. The number of carbonyl (C=O) groups excluding carboxylic acids is 1. The lowest BCUT2D eigenvalue weighted by Crippen LogP contribution is -2.32. The molecule has 8 heteroatoms. The van der Waals surface area contributed by atoms with E-state index in [1.807, 2.05) is 24.4 Å². The number of aromatic amines is 1. The molecule has 2 aromatic heterocycles. The fraction of sp³-hybridized carbons (Fsp3) is 0.227. The van der Waals surface area contributed by atoms with Crippen LogP contribution in [0.2, 0.25) is 0 Å². The van der Waals surface area contributed by atoms with E-state index in [0.29, 0.717) is 46.9 Å². The van der Waals surface area contributed by atoms with Gasteiger partial charge in [0.15, 0.2) is 11.5 Å². The number of ether oxygens (including phenoxy) is 2. The van der Waals surface area contributed by atoms with Crippen LogP contribution in [0.15, 0.2) is 47.4 Å². The summed E-state index contributed by atoms with van der Waals surface area (Å²) in [6.07, 6.45) is 1.83. The van der Waals surface area contributed by atoms with E-state index < -0.39 is 0 Å². The average molecular weight is 406 g/mol. The summed E-state index contributed by atoms with van der Waals surface area (Å²) >= 11 is 0. The van der Waals surface area contributed by atoms with E-state index in [1.165, 1.54) is 14.2 Å². The Kier molecular flexibility index (Phi) is 5.14. The van der Waals surface area contributed by atoms with Gasteiger partial charge in [0, 0.05) is 41.8 Å². The Balaban J connectivity index is 1.54. The number of methoxy groups -OCH3 is 2. The van der Waals surface area contributed by atoms with Crippen molar-refractivity contribution in [2.75, 3.05) is 20.8 Å². The molecule has 0 aliphatic carbocycles. The van der Waals surface area contributed by atoms with Crippen LogP contribution in [0.4, 0.5) is 0 Å². The van der Waals surface area contributed by atoms with Gasteiger partial charge in [0.05, 0.1) is 25.1 Å². The highest BCUT2D eigenvalue weighted by molar-refractivity contribution is 5.98. The predicted octanol–water partition coefficient (Wildman–Crippen LogP) is 2.63. The SMILES string of the molecule is COc1cc2nc(C)n(CCNC(=O)c3ccc4[nH]ccc4c3)c(=O)c2cc1OC. The van der Waals surface area contributed by atoms with E-state index in [0.717, 1.165) is 10.9 Å². The maximum atomic E-state index is 13.0. The quantitative estimate of drug-likeness (QED) is 0.513. The lowest BCUT2D eigenvalue weighted by molar-refractivity contribution is 0.0952. The Morgan fingerprint density at radius 2 is 1.90 bits per heavy atom. The zero-order chi connectivity index (χ0) is 21.3. The standard InChI is InChI=1S/C22H22N4O4/c1-13-25-18-12-20(30-3)19(29-2)11-16(18)22(28)26(13)9-8-24-21(27)15-4-5-17-14(10-15)6-7-23-17/h4-7,10-12,23H,8-9H2,1-3H3,(H,24,27). The Labute approximate surface area is 172 Å². The largest absolute Gasteiger partial charge is 0.493 e. The van der Waals surface area contributed by atoms with Crippen molar-refractivity contribution in [3.63, 3.8) is 0 Å². The van der Waals surface area contributed by atoms with Crippen LogP contribution < -0.4 is 20.3 Å². The fourth-order valence-electron chi connectivity index (χ4n) is 3.50. The highest BCUT2D eigenvalue weighted by atomic mass is 16.5. The van der Waals surface area contributed by atoms with Crippen molar-refractivity contribution in [3.05, 3.63) is 64.3 Å². The third-order valence-electron chi connectivity index (χ3n) is 5.09. The Morgan fingerprint density at radius 1 is 1.13 bits per heavy atom. The van der Waals surface area contributed by atoms with E-state index in [9.17, 15) is 9.59 Å². The number of benzene rings is 2. The number of nitrogens with one attached hydrogen (secondary N) is 2. The number of hydrogen-bond donors (Lipinski definition) is 2. The minimum absolute atomic E-state index is 0.191. The summed E-state index contributed by atoms with van der Waals surface area (Å²) in [5.41, 5.74) is 1.89. The van der Waals surface area contributed by atoms with Gasteiger partial charge in [-0.15, -0.1) is 0 Å². The molecular formula is C22H22N4O4. The monoisotopic (exact) mass is 406 g/mol. The summed E-state index contributed by atoms with van der Waals surface area (Å²) in [6, 6.07) is 10.7. The molecule has 2 aromatic carbocycles. The molecule has 4 aromatic rings. The Morgan fingerprint density at radius 3 is 2.67 bits per heavy atom. The average Bonchev–Trinajstić information content (AvgIpc) is 3.23. The van der Waals surface area contributed by atoms with Gasteiger partial charge in [0.2, 0.25) is 0 Å². The van der Waals surface area contributed by atoms with Crippen LogP contribution in [0.5, 0.6) is 11.5 Å². The molecule has 30 heavy (non-hydrogen) atoms. The summed E-state index contributed by atoms with van der Waals surface area (Å²) in [5.74, 6) is 1.35. The Hall–Kier alpha value is -3.81. The molecule has 2 N–H and O–H groups in total. The lowest BCUT2D eigenvalue weighted by atomic mass is 10.1. The molecule has 0 saturated carbocycles. The van der Waals surface area contributed by atoms with E-state index in [4.69, 9.17) is 9.47 Å². The minimum atomic E-state index is -0.193. The predicted molar refractivity (Wildman–Crippen MR) is 114 cm³/mol. The minimum Gasteiger partial charge on any atom is -0.493 e. The second-order valence-corrected chi connectivity index (χ2v) is 6.88. The molecule has 0 aliphatic rings. The molecule has 2 heterocycles. The number of nitrogens with zero attached hydrogens (tertiary/aromatic N) is 2. The number of hydrogen-bond acceptors (Lipinski definition) is 5. The maximum absolute atomic E-state index is 13.0. The molecule has 8 nitrogen and oxygen atoms in total. The van der Waals surface area contributed by atoms with Gasteiger partial charge in [-0.1, -0.05) is 0 Å². The van der Waals surface area contributed by atoms with Crippen LogP contribution >= 0.6 is 0 Å². The molecule has 154 valence electrons. The first-order chi connectivity index (χ1) is 14.5. The molecule has 0 radical (unpaired) electrons. The number of carbonyl (C=O) groups is 1. The fourth-order valence-corrected chi connectivity index (χ4v) is 3.50. The lowest BCUT2D eigenvalue weighted by Gasteiger charge is -2.13. The highest BCUT2D eigenvalue weighted by Crippen LogP contribution is 2.30. The third kappa shape index (κ3) is 3.47. The molecule has 1 amide bonds. The summed E-state index contributed by atoms with van der Waals surface area (Å²) in [4.78, 5) is 33.1. The molecule has 0 saturated heterocycles. The van der Waals surface area contributed by atoms with Crippen molar-refractivity contribution in [2.24, 2.45) is 0 Å². The van der Waals surface area contributed by atoms with Crippen LogP contribution in [0, 0.1) is 6.92 Å². The van der Waals surface area contributed by atoms with Gasteiger partial charge in [0.25, 0.3) is 11.5 Å². The normalized spacial score (nSPS) is 11.0. The third-order valence-corrected chi connectivity index (χ3v) is 5.09. The van der Waals surface area contributed by atoms with Crippen LogP contribution in [-0.4, -0.2) is 41.2 Å². The molecule has 0 fully saturated rings. The van der Waals surface area contributed by atoms with Crippen molar-refractivity contribution in [1.82, 2.24) is 19.9 Å². The highest BCUT2D eigenvalue weighted by Gasteiger charge is 2.14. The van der Waals surface area contributed by atoms with Gasteiger partial charge >= 0.3 is 0 Å². The van der Waals surface area contributed by atoms with Crippen molar-refractivity contribution in [1.29, 1.82) is 0 Å². The van der Waals surface area contributed by atoms with Crippen molar-refractivity contribution in [3.8, 4) is 11.5 Å². The number of fused-ring (bicyclic) bond motifs is 2. The summed E-state index contributed by atoms with van der Waals surface area (Å²) in [6.45, 7) is 2.37. The molecular weight excluding hydrogens is 384 g/mol. The summed E-state index contributed by atoms with van der Waals surface area (Å²) in [5, 5.41) is 4.27. The van der Waals surface area contributed by atoms with Crippen LogP contribution in [0.25, 0.3) is 21.8 Å². The van der Waals surface area contributed by atoms with Crippen molar-refractivity contribution < 1.29 is 14.3 Å². The maximum Gasteiger partial charge on any atom is 0.261 e. The first-order valence-corrected chi connectivity index (χ1v) is 9.50. The van der Waals surface area contributed by atoms with Gasteiger partial charge in [-0.25, -0.2) is 4.98 Å². The molecule has 0 aliphatic heterocycles. The molecule has 0 spiro atoms. The summed E-state index contributed by atoms with van der Waals surface area (Å²) < 4.78 is 12.1. The van der Waals surface area contributed by atoms with Crippen LogP contribution in [0.1, 0.15) is 16.2 Å². The van der Waals surface area contributed by atoms with Gasteiger partial charge in [0.1, 0.15) is 5.82 Å². The van der Waals surface area contributed by atoms with Crippen molar-refractivity contribution in [2.45, 2.75) is 13.5 Å². The zero-order valence-corrected chi connectivity index (χ0v) is 17.0. The summed E-state index contributed by atoms with van der Waals surface area (Å²) in [7, 11) is 3.05. The molecule has 0 atom stereocenters. The second-order valence-electron chi connectivity index (χ2n) is 6.88. The number of H-pyrrole nitrogens is 1. The molecule has 4 rings (SSSR count). The number of aromatic nitrogens is 3. The van der Waals surface area contributed by atoms with E-state index in [2.05, 4.69) is 15.3 Å². The van der Waals surface area contributed by atoms with Crippen LogP contribution in [-0.2, 0) is 6.54 Å². The zero-order valence-electron chi connectivity index (χ0n) is 17.0. The van der Waals surface area contributed by atoms with Gasteiger partial charge < -0.3 is 19.8 Å². The van der Waals surface area contributed by atoms with Gasteiger partial charge in [-0.2, -0.15) is 0 Å². The number of aryl methyl sites for hydroxylation is 1. The first kappa shape index (κ1) is 19.5. The topological polar surface area (TPSA) is 98.2 Å². The molecule has 0 unspecified atom stereocenters. The van der Waals surface area contributed by atoms with E-state index in [1.54, 1.807) is 29.7 Å². The second kappa shape index (κ2) is 7.90. The van der Waals surface area contributed by atoms with E-state index >= 15 is 0 Å². The van der Waals surface area contributed by atoms with Gasteiger partial charge in [-0.05, 0) is 37.3 Å². The number of amides is 1. The van der Waals surface area contributed by atoms with Crippen LogP contribution in [0.3, 0.4) is 0 Å². The Bertz CT molecular complexity index is 1310. The molecule has 0 bridgehead atoms. The smallest absolute Gasteiger partial charge is 0.261 e. The van der Waals surface area contributed by atoms with Crippen molar-refractivity contribution >= 4 is 27.7 Å². The van der Waals surface area contributed by atoms with E-state index in [-0.39, 0.29) is 11.5 Å². The number of rotatable bonds is 6. The van der Waals surface area contributed by atoms with Gasteiger partial charge in [-0.3, -0.25) is 14.2 Å².